The lowest BCUT2D eigenvalue weighted by Gasteiger charge is -2.10. The van der Waals surface area contributed by atoms with Crippen LogP contribution < -0.4 is 5.56 Å². The largest absolute Gasteiger partial charge is 0.417 e. The number of aromatic nitrogens is 3. The van der Waals surface area contributed by atoms with Gasteiger partial charge in [0, 0.05) is 40.6 Å². The number of rotatable bonds is 2. The lowest BCUT2D eigenvalue weighted by molar-refractivity contribution is -0.137. The van der Waals surface area contributed by atoms with Crippen LogP contribution in [0.4, 0.5) is 13.2 Å². The summed E-state index contributed by atoms with van der Waals surface area (Å²) in [7, 11) is 0. The van der Waals surface area contributed by atoms with Crippen LogP contribution in [0.2, 0.25) is 0 Å². The Morgan fingerprint density at radius 1 is 1.00 bits per heavy atom. The second kappa shape index (κ2) is 6.86. The third-order valence-electron chi connectivity index (χ3n) is 5.67. The molecule has 0 radical (unpaired) electrons. The van der Waals surface area contributed by atoms with E-state index in [0.29, 0.717) is 11.3 Å². The van der Waals surface area contributed by atoms with Gasteiger partial charge in [0.25, 0.3) is 5.56 Å². The van der Waals surface area contributed by atoms with Gasteiger partial charge in [0.15, 0.2) is 0 Å². The van der Waals surface area contributed by atoms with Gasteiger partial charge in [-0.1, -0.05) is 6.07 Å². The maximum absolute atomic E-state index is 12.7. The molecule has 1 aliphatic carbocycles. The number of hydrogen-bond acceptors (Lipinski definition) is 2. The summed E-state index contributed by atoms with van der Waals surface area (Å²) >= 11 is 0. The van der Waals surface area contributed by atoms with Crippen LogP contribution >= 0.6 is 0 Å². The molecule has 3 heterocycles. The first-order chi connectivity index (χ1) is 14.4. The number of alkyl halides is 3. The van der Waals surface area contributed by atoms with E-state index in [1.165, 1.54) is 46.2 Å². The third-order valence-corrected chi connectivity index (χ3v) is 5.67. The fraction of sp³-hybridized carbons (Fsp3) is 0.217. The first-order valence-electron chi connectivity index (χ1n) is 9.80. The van der Waals surface area contributed by atoms with Gasteiger partial charge in [-0.2, -0.15) is 13.2 Å². The highest BCUT2D eigenvalue weighted by Gasteiger charge is 2.30. The van der Waals surface area contributed by atoms with E-state index < -0.39 is 11.7 Å². The summed E-state index contributed by atoms with van der Waals surface area (Å²) < 4.78 is 39.7. The van der Waals surface area contributed by atoms with E-state index in [1.54, 1.807) is 12.3 Å². The summed E-state index contributed by atoms with van der Waals surface area (Å²) in [6, 6.07) is 11.2. The number of aromatic amines is 1. The lowest BCUT2D eigenvalue weighted by atomic mass is 9.96. The molecule has 0 amide bonds. The zero-order valence-electron chi connectivity index (χ0n) is 16.0. The predicted octanol–water partition coefficient (Wildman–Crippen LogP) is 5.28. The Morgan fingerprint density at radius 3 is 2.57 bits per heavy atom. The van der Waals surface area contributed by atoms with Crippen molar-refractivity contribution >= 4 is 10.9 Å². The Morgan fingerprint density at radius 2 is 1.83 bits per heavy atom. The van der Waals surface area contributed by atoms with Crippen LogP contribution in [0.25, 0.3) is 27.8 Å². The molecule has 0 atom stereocenters. The van der Waals surface area contributed by atoms with Gasteiger partial charge in [0.05, 0.1) is 16.9 Å². The van der Waals surface area contributed by atoms with Crippen LogP contribution in [0.1, 0.15) is 29.7 Å². The summed E-state index contributed by atoms with van der Waals surface area (Å²) in [5, 5.41) is 1.20. The minimum atomic E-state index is -4.44. The molecule has 4 nitrogen and oxygen atoms in total. The van der Waals surface area contributed by atoms with Gasteiger partial charge in [0.2, 0.25) is 0 Å². The van der Waals surface area contributed by atoms with E-state index in [1.807, 2.05) is 18.2 Å². The fourth-order valence-electron chi connectivity index (χ4n) is 4.14. The van der Waals surface area contributed by atoms with Crippen LogP contribution in [0.5, 0.6) is 0 Å². The Labute approximate surface area is 170 Å². The van der Waals surface area contributed by atoms with E-state index in [0.717, 1.165) is 36.3 Å². The Balaban J connectivity index is 1.50. The molecule has 0 fully saturated rings. The molecule has 152 valence electrons. The van der Waals surface area contributed by atoms with Gasteiger partial charge >= 0.3 is 6.18 Å². The number of hydrogen-bond donors (Lipinski definition) is 1. The minimum absolute atomic E-state index is 0.273. The fourth-order valence-corrected chi connectivity index (χ4v) is 4.14. The van der Waals surface area contributed by atoms with Gasteiger partial charge < -0.3 is 4.98 Å². The van der Waals surface area contributed by atoms with Crippen LogP contribution in [-0.4, -0.2) is 14.5 Å². The maximum Gasteiger partial charge on any atom is 0.417 e. The standard InChI is InChI=1S/C23H18F3N3O/c24-23(25,26)15-5-8-19(27-13-15)14-9-10-29(22(30)11-14)16-6-7-18-17-3-1-2-4-20(17)28-21(18)12-16/h5-13,28H,1-4H2. The van der Waals surface area contributed by atoms with E-state index in [-0.39, 0.29) is 5.56 Å². The van der Waals surface area contributed by atoms with Crippen LogP contribution in [0.3, 0.4) is 0 Å². The van der Waals surface area contributed by atoms with E-state index >= 15 is 0 Å². The molecular weight excluding hydrogens is 391 g/mol. The molecule has 0 unspecified atom stereocenters. The molecule has 1 N–H and O–H groups in total. The van der Waals surface area contributed by atoms with Crippen molar-refractivity contribution in [1.29, 1.82) is 0 Å². The quantitative estimate of drug-likeness (QED) is 0.490. The monoisotopic (exact) mass is 409 g/mol. The van der Waals surface area contributed by atoms with Crippen molar-refractivity contribution in [2.75, 3.05) is 0 Å². The van der Waals surface area contributed by atoms with Gasteiger partial charge in [0.1, 0.15) is 0 Å². The first kappa shape index (κ1) is 18.7. The van der Waals surface area contributed by atoms with Crippen molar-refractivity contribution < 1.29 is 13.2 Å². The van der Waals surface area contributed by atoms with Crippen molar-refractivity contribution in [3.63, 3.8) is 0 Å². The summed E-state index contributed by atoms with van der Waals surface area (Å²) in [6.45, 7) is 0. The number of nitrogens with zero attached hydrogens (tertiary/aromatic N) is 2. The summed E-state index contributed by atoms with van der Waals surface area (Å²) in [4.78, 5) is 20.1. The summed E-state index contributed by atoms with van der Waals surface area (Å²) in [5.74, 6) is 0. The molecule has 30 heavy (non-hydrogen) atoms. The van der Waals surface area contributed by atoms with Gasteiger partial charge in [-0.15, -0.1) is 0 Å². The molecular formula is C23H18F3N3O. The van der Waals surface area contributed by atoms with E-state index in [9.17, 15) is 18.0 Å². The number of aryl methyl sites for hydroxylation is 2. The Bertz CT molecular complexity index is 1300. The smallest absolute Gasteiger partial charge is 0.358 e. The van der Waals surface area contributed by atoms with Crippen LogP contribution in [-0.2, 0) is 19.0 Å². The van der Waals surface area contributed by atoms with Crippen molar-refractivity contribution in [3.05, 3.63) is 82.0 Å². The molecule has 0 aliphatic heterocycles. The SMILES string of the molecule is O=c1cc(-c2ccc(C(F)(F)F)cn2)ccn1-c1ccc2c3c([nH]c2c1)CCCC3. The topological polar surface area (TPSA) is 50.7 Å². The highest BCUT2D eigenvalue weighted by molar-refractivity contribution is 5.86. The summed E-state index contributed by atoms with van der Waals surface area (Å²) in [5.41, 5.74) is 4.11. The van der Waals surface area contributed by atoms with Crippen molar-refractivity contribution in [3.8, 4) is 16.9 Å². The van der Waals surface area contributed by atoms with E-state index in [4.69, 9.17) is 0 Å². The number of H-pyrrole nitrogens is 1. The van der Waals surface area contributed by atoms with Gasteiger partial charge in [-0.05, 0) is 61.6 Å². The first-order valence-corrected chi connectivity index (χ1v) is 9.80. The average Bonchev–Trinajstić information content (AvgIpc) is 3.11. The highest BCUT2D eigenvalue weighted by Crippen LogP contribution is 2.31. The van der Waals surface area contributed by atoms with Gasteiger partial charge in [-0.3, -0.25) is 14.3 Å². The lowest BCUT2D eigenvalue weighted by Crippen LogP contribution is -2.16. The van der Waals surface area contributed by atoms with Gasteiger partial charge in [-0.25, -0.2) is 0 Å². The van der Waals surface area contributed by atoms with Crippen molar-refractivity contribution in [2.24, 2.45) is 0 Å². The van der Waals surface area contributed by atoms with Crippen molar-refractivity contribution in [2.45, 2.75) is 31.9 Å². The number of fused-ring (bicyclic) bond motifs is 3. The van der Waals surface area contributed by atoms with Crippen LogP contribution in [0, 0.1) is 0 Å². The normalized spacial score (nSPS) is 14.1. The van der Waals surface area contributed by atoms with Crippen molar-refractivity contribution in [1.82, 2.24) is 14.5 Å². The van der Waals surface area contributed by atoms with E-state index in [2.05, 4.69) is 9.97 Å². The number of nitrogens with one attached hydrogen (secondary N) is 1. The molecule has 4 aromatic rings. The second-order valence-corrected chi connectivity index (χ2v) is 7.57. The second-order valence-electron chi connectivity index (χ2n) is 7.57. The molecule has 0 saturated carbocycles. The highest BCUT2D eigenvalue weighted by atomic mass is 19.4. The number of pyridine rings is 2. The molecule has 1 aromatic carbocycles. The molecule has 0 spiro atoms. The summed E-state index contributed by atoms with van der Waals surface area (Å²) in [6.07, 6.45) is 2.47. The molecule has 5 rings (SSSR count). The molecule has 7 heteroatoms. The predicted molar refractivity (Wildman–Crippen MR) is 109 cm³/mol. The van der Waals surface area contributed by atoms with Crippen LogP contribution in [0.15, 0.2) is 59.7 Å². The number of benzene rings is 1. The Hall–Kier alpha value is -3.35. The maximum atomic E-state index is 12.7. The average molecular weight is 409 g/mol. The Kier molecular flexibility index (Phi) is 4.27. The molecule has 1 aliphatic rings. The third kappa shape index (κ3) is 3.20. The zero-order chi connectivity index (χ0) is 20.9. The molecule has 0 saturated heterocycles. The molecule has 3 aromatic heterocycles. The minimum Gasteiger partial charge on any atom is -0.358 e. The number of halogens is 3. The zero-order valence-corrected chi connectivity index (χ0v) is 16.0. The molecule has 0 bridgehead atoms.